The Morgan fingerprint density at radius 2 is 0.977 bits per heavy atom. The molecule has 0 aliphatic rings. The molecule has 0 bridgehead atoms. The van der Waals surface area contributed by atoms with Gasteiger partial charge >= 0.3 is 0 Å². The summed E-state index contributed by atoms with van der Waals surface area (Å²) in [6, 6.07) is 38.7. The standard InChI is InChI=1S/C42H26O/c1-2-11-27(12-3-1)29-21-23-32-38-25-30(22-24-39(38)43-40(32)26-29)41-34-16-6-8-18-36(34)42(37-19-9-7-17-35(37)41)33-20-10-14-28-13-4-5-15-31(28)33/h1-26H/i21D,22D,23D,24D,25D,26D. The van der Waals surface area contributed by atoms with E-state index in [1.54, 1.807) is 12.1 Å². The van der Waals surface area contributed by atoms with Crippen molar-refractivity contribution in [3.63, 3.8) is 0 Å². The van der Waals surface area contributed by atoms with E-state index in [0.717, 1.165) is 43.4 Å². The van der Waals surface area contributed by atoms with E-state index in [-0.39, 0.29) is 69.3 Å². The summed E-state index contributed by atoms with van der Waals surface area (Å²) in [6.45, 7) is 0. The van der Waals surface area contributed by atoms with Crippen LogP contribution in [0.3, 0.4) is 0 Å². The Hall–Kier alpha value is -5.66. The lowest BCUT2D eigenvalue weighted by Gasteiger charge is -2.18. The van der Waals surface area contributed by atoms with E-state index in [2.05, 4.69) is 42.5 Å². The van der Waals surface area contributed by atoms with Crippen LogP contribution in [0, 0.1) is 0 Å². The van der Waals surface area contributed by atoms with Gasteiger partial charge in [0.2, 0.25) is 0 Å². The molecule has 0 amide bonds. The van der Waals surface area contributed by atoms with Gasteiger partial charge in [0.25, 0.3) is 0 Å². The molecule has 0 saturated heterocycles. The predicted molar refractivity (Wildman–Crippen MR) is 183 cm³/mol. The van der Waals surface area contributed by atoms with Crippen molar-refractivity contribution in [3.8, 4) is 33.4 Å². The molecule has 0 N–H and O–H groups in total. The van der Waals surface area contributed by atoms with Crippen molar-refractivity contribution in [2.24, 2.45) is 0 Å². The van der Waals surface area contributed by atoms with Gasteiger partial charge in [0.15, 0.2) is 0 Å². The maximum Gasteiger partial charge on any atom is 0.136 e. The number of rotatable bonds is 3. The second-order valence-corrected chi connectivity index (χ2v) is 10.7. The van der Waals surface area contributed by atoms with Crippen LogP contribution in [-0.4, -0.2) is 0 Å². The van der Waals surface area contributed by atoms with Crippen LogP contribution in [0.4, 0.5) is 0 Å². The fraction of sp³-hybridized carbons (Fsp3) is 0. The largest absolute Gasteiger partial charge is 0.456 e. The lowest BCUT2D eigenvalue weighted by molar-refractivity contribution is 0.669. The van der Waals surface area contributed by atoms with Crippen molar-refractivity contribution < 1.29 is 12.6 Å². The highest BCUT2D eigenvalue weighted by atomic mass is 16.3. The molecule has 1 heterocycles. The second kappa shape index (κ2) is 9.44. The van der Waals surface area contributed by atoms with Crippen LogP contribution in [-0.2, 0) is 0 Å². The summed E-state index contributed by atoms with van der Waals surface area (Å²) < 4.78 is 61.4. The SMILES string of the molecule is [2H]c1c(-c2c3ccccc3c(-c3cccc4ccccc34)c3ccccc23)c([2H])c2c(oc3c([2H])c(-c4ccccc4)c([2H])c([2H])c32)c1[2H]. The zero-order chi connectivity index (χ0) is 33.6. The topological polar surface area (TPSA) is 13.1 Å². The zero-order valence-electron chi connectivity index (χ0n) is 29.0. The second-order valence-electron chi connectivity index (χ2n) is 10.7. The summed E-state index contributed by atoms with van der Waals surface area (Å²) >= 11 is 0. The third kappa shape index (κ3) is 3.72. The fourth-order valence-corrected chi connectivity index (χ4v) is 6.40. The van der Waals surface area contributed by atoms with E-state index in [1.165, 1.54) is 0 Å². The predicted octanol–water partition coefficient (Wildman–Crippen LogP) is 12.0. The highest BCUT2D eigenvalue weighted by molar-refractivity contribution is 6.24. The smallest absolute Gasteiger partial charge is 0.136 e. The van der Waals surface area contributed by atoms with Crippen LogP contribution in [0.2, 0.25) is 0 Å². The van der Waals surface area contributed by atoms with Gasteiger partial charge in [-0.25, -0.2) is 0 Å². The summed E-state index contributed by atoms with van der Waals surface area (Å²) in [4.78, 5) is 0. The Kier molecular flexibility index (Phi) is 4.11. The molecule has 0 atom stereocenters. The molecule has 200 valence electrons. The fourth-order valence-electron chi connectivity index (χ4n) is 6.40. The van der Waals surface area contributed by atoms with Gasteiger partial charge in [-0.3, -0.25) is 0 Å². The average molecular weight is 553 g/mol. The highest BCUT2D eigenvalue weighted by Crippen LogP contribution is 2.46. The van der Waals surface area contributed by atoms with Gasteiger partial charge in [-0.15, -0.1) is 0 Å². The summed E-state index contributed by atoms with van der Waals surface area (Å²) in [7, 11) is 0. The van der Waals surface area contributed by atoms with Crippen molar-refractivity contribution >= 4 is 54.3 Å². The Balaban J connectivity index is 1.43. The van der Waals surface area contributed by atoms with Gasteiger partial charge in [0.05, 0.1) is 8.22 Å². The van der Waals surface area contributed by atoms with Crippen molar-refractivity contribution in [3.05, 3.63) is 158 Å². The summed E-state index contributed by atoms with van der Waals surface area (Å²) in [5.41, 5.74) is 3.90. The first kappa shape index (κ1) is 18.7. The molecule has 0 aliphatic heterocycles. The highest BCUT2D eigenvalue weighted by Gasteiger charge is 2.19. The molecule has 0 spiro atoms. The summed E-state index contributed by atoms with van der Waals surface area (Å²) in [5.74, 6) is 0. The van der Waals surface area contributed by atoms with Crippen molar-refractivity contribution in [2.75, 3.05) is 0 Å². The minimum atomic E-state index is -0.227. The van der Waals surface area contributed by atoms with E-state index < -0.39 is 0 Å². The van der Waals surface area contributed by atoms with Gasteiger partial charge in [-0.05, 0) is 89.9 Å². The van der Waals surface area contributed by atoms with Gasteiger partial charge in [0, 0.05) is 10.8 Å². The van der Waals surface area contributed by atoms with Crippen LogP contribution in [0.5, 0.6) is 0 Å². The molecule has 9 rings (SSSR count). The molecule has 0 saturated carbocycles. The van der Waals surface area contributed by atoms with Gasteiger partial charge in [-0.1, -0.05) is 133 Å². The normalized spacial score (nSPS) is 13.7. The van der Waals surface area contributed by atoms with Crippen molar-refractivity contribution in [1.82, 2.24) is 0 Å². The average Bonchev–Trinajstić information content (AvgIpc) is 3.55. The third-order valence-corrected chi connectivity index (χ3v) is 8.31. The van der Waals surface area contributed by atoms with Gasteiger partial charge < -0.3 is 4.42 Å². The van der Waals surface area contributed by atoms with E-state index >= 15 is 0 Å². The Labute approximate surface area is 257 Å². The van der Waals surface area contributed by atoms with E-state index in [4.69, 9.17) is 9.90 Å². The first-order chi connectivity index (χ1) is 23.9. The van der Waals surface area contributed by atoms with E-state index in [1.807, 2.05) is 66.7 Å². The molecule has 0 fully saturated rings. The maximum absolute atomic E-state index is 9.68. The monoisotopic (exact) mass is 552 g/mol. The minimum absolute atomic E-state index is 0.0265. The molecule has 0 unspecified atom stereocenters. The lowest BCUT2D eigenvalue weighted by atomic mass is 9.84. The zero-order valence-corrected chi connectivity index (χ0v) is 23.0. The molecule has 9 aromatic rings. The molecule has 1 nitrogen and oxygen atoms in total. The molecule has 1 aromatic heterocycles. The summed E-state index contributed by atoms with van der Waals surface area (Å²) in [6.07, 6.45) is 0. The minimum Gasteiger partial charge on any atom is -0.456 e. The maximum atomic E-state index is 9.68. The number of benzene rings is 8. The quantitative estimate of drug-likeness (QED) is 0.199. The number of hydrogen-bond acceptors (Lipinski definition) is 1. The van der Waals surface area contributed by atoms with Crippen LogP contribution < -0.4 is 0 Å². The van der Waals surface area contributed by atoms with Crippen molar-refractivity contribution in [2.45, 2.75) is 0 Å². The van der Waals surface area contributed by atoms with Crippen LogP contribution >= 0.6 is 0 Å². The van der Waals surface area contributed by atoms with Crippen LogP contribution in [0.25, 0.3) is 87.6 Å². The molecule has 0 radical (unpaired) electrons. The number of furan rings is 1. The van der Waals surface area contributed by atoms with Gasteiger partial charge in [0.1, 0.15) is 11.2 Å². The number of fused-ring (bicyclic) bond motifs is 6. The molecule has 8 aromatic carbocycles. The summed E-state index contributed by atoms with van der Waals surface area (Å²) in [5, 5.41) is 6.12. The Morgan fingerprint density at radius 1 is 0.372 bits per heavy atom. The van der Waals surface area contributed by atoms with Crippen LogP contribution in [0.1, 0.15) is 8.22 Å². The first-order valence-electron chi connectivity index (χ1n) is 17.3. The molecule has 0 aliphatic carbocycles. The van der Waals surface area contributed by atoms with Gasteiger partial charge in [-0.2, -0.15) is 0 Å². The Bertz CT molecular complexity index is 2780. The Morgan fingerprint density at radius 3 is 1.72 bits per heavy atom. The lowest BCUT2D eigenvalue weighted by Crippen LogP contribution is -1.91. The molecule has 43 heavy (non-hydrogen) atoms. The van der Waals surface area contributed by atoms with Crippen LogP contribution in [0.15, 0.2) is 162 Å². The molecular formula is C42H26O. The van der Waals surface area contributed by atoms with Crippen molar-refractivity contribution in [1.29, 1.82) is 0 Å². The number of hydrogen-bond donors (Lipinski definition) is 0. The van der Waals surface area contributed by atoms with E-state index in [0.29, 0.717) is 11.1 Å². The molecular weight excluding hydrogens is 520 g/mol. The first-order valence-corrected chi connectivity index (χ1v) is 14.3. The third-order valence-electron chi connectivity index (χ3n) is 8.31. The molecule has 1 heteroatoms. The van der Waals surface area contributed by atoms with E-state index in [9.17, 15) is 2.74 Å².